The fourth-order valence-corrected chi connectivity index (χ4v) is 3.91. The summed E-state index contributed by atoms with van der Waals surface area (Å²) >= 11 is 0. The van der Waals surface area contributed by atoms with E-state index in [4.69, 9.17) is 0 Å². The van der Waals surface area contributed by atoms with Gasteiger partial charge in [-0.1, -0.05) is 6.07 Å². The lowest BCUT2D eigenvalue weighted by Gasteiger charge is -2.25. The van der Waals surface area contributed by atoms with E-state index in [0.717, 1.165) is 19.1 Å². The number of amides is 2. The molecule has 2 aromatic carbocycles. The highest BCUT2D eigenvalue weighted by Crippen LogP contribution is 2.35. The van der Waals surface area contributed by atoms with E-state index >= 15 is 0 Å². The third-order valence-electron chi connectivity index (χ3n) is 6.10. The van der Waals surface area contributed by atoms with Crippen LogP contribution in [0.15, 0.2) is 41.4 Å². The zero-order chi connectivity index (χ0) is 31.2. The zero-order valence-corrected chi connectivity index (χ0v) is 22.1. The number of aliphatic hydroxyl groups excluding tert-OH is 1. The fourth-order valence-electron chi connectivity index (χ4n) is 3.91. The Morgan fingerprint density at radius 2 is 1.81 bits per heavy atom. The summed E-state index contributed by atoms with van der Waals surface area (Å²) in [6, 6.07) is 4.26. The van der Waals surface area contributed by atoms with Gasteiger partial charge in [0, 0.05) is 23.9 Å². The van der Waals surface area contributed by atoms with Gasteiger partial charge in [0.1, 0.15) is 18.0 Å². The van der Waals surface area contributed by atoms with E-state index < -0.39 is 72.5 Å². The van der Waals surface area contributed by atoms with E-state index in [0.29, 0.717) is 12.1 Å². The van der Waals surface area contributed by atoms with Gasteiger partial charge in [0.25, 0.3) is 5.91 Å². The maximum atomic E-state index is 13.5. The third kappa shape index (κ3) is 8.78. The molecule has 0 aliphatic carbocycles. The van der Waals surface area contributed by atoms with Crippen molar-refractivity contribution >= 4 is 29.4 Å². The molecule has 0 saturated carbocycles. The zero-order valence-electron chi connectivity index (χ0n) is 22.1. The van der Waals surface area contributed by atoms with Crippen molar-refractivity contribution < 1.29 is 52.4 Å². The second-order valence-electron chi connectivity index (χ2n) is 9.77. The normalized spacial score (nSPS) is 17.2. The Labute approximate surface area is 236 Å². The number of guanidine groups is 1. The highest BCUT2D eigenvalue weighted by Gasteiger charge is 2.35. The van der Waals surface area contributed by atoms with Crippen LogP contribution >= 0.6 is 0 Å². The fraction of sp³-hybridized carbons (Fsp3) is 0.385. The van der Waals surface area contributed by atoms with Crippen molar-refractivity contribution in [1.29, 1.82) is 0 Å². The van der Waals surface area contributed by atoms with Crippen LogP contribution in [-0.4, -0.2) is 76.6 Å². The first kappa shape index (κ1) is 32.1. The number of phenols is 1. The maximum absolute atomic E-state index is 13.5. The number of carbonyl (C=O) groups excluding carboxylic acids is 2. The molecule has 0 fully saturated rings. The molecule has 1 aliphatic heterocycles. The molecule has 8 N–H and O–H groups in total. The number of halogens is 4. The first-order valence-corrected chi connectivity index (χ1v) is 12.4. The second-order valence-corrected chi connectivity index (χ2v) is 9.77. The molecule has 228 valence electrons. The number of phenolic OH excluding ortho intramolecular Hbond substituents is 1. The number of aliphatic hydroxyl groups is 2. The topological polar surface area (TPSA) is 193 Å². The van der Waals surface area contributed by atoms with E-state index in [1.165, 1.54) is 12.1 Å². The molecule has 2 amide bonds. The summed E-state index contributed by atoms with van der Waals surface area (Å²) in [6.07, 6.45) is -6.46. The molecule has 12 nitrogen and oxygen atoms in total. The Bertz CT molecular complexity index is 1370. The second kappa shape index (κ2) is 13.0. The van der Waals surface area contributed by atoms with Crippen molar-refractivity contribution in [3.8, 4) is 5.75 Å². The number of β-amino-alcohol motifs (C(OH)–C–C–N with tert-alkyl or cyclic N) is 1. The number of aliphatic imine (C=N–C) groups is 1. The number of aromatic hydroxyl groups is 1. The molecule has 2 aromatic rings. The van der Waals surface area contributed by atoms with Gasteiger partial charge in [-0.2, -0.15) is 13.2 Å². The SMILES string of the molecule is CC(O)(CF)c1cc([C@H](CC(=O)O)NC(=O)CNC(=O)c2cc(O)cc(NC3=NCC(O)CN3)c2)cc(C(F)(F)F)c1. The number of carboxylic acid groups (broad SMARTS) is 1. The first-order chi connectivity index (χ1) is 19.6. The third-order valence-corrected chi connectivity index (χ3v) is 6.10. The lowest BCUT2D eigenvalue weighted by molar-refractivity contribution is -0.138. The van der Waals surface area contributed by atoms with Crippen molar-refractivity contribution in [2.75, 3.05) is 31.6 Å². The largest absolute Gasteiger partial charge is 0.508 e. The van der Waals surface area contributed by atoms with Crippen LogP contribution in [0.2, 0.25) is 0 Å². The van der Waals surface area contributed by atoms with Gasteiger partial charge in [-0.25, -0.2) is 4.39 Å². The quantitative estimate of drug-likeness (QED) is 0.186. The maximum Gasteiger partial charge on any atom is 0.416 e. The molecule has 0 aromatic heterocycles. The summed E-state index contributed by atoms with van der Waals surface area (Å²) in [5.74, 6) is -3.30. The smallest absolute Gasteiger partial charge is 0.416 e. The Morgan fingerprint density at radius 1 is 1.12 bits per heavy atom. The predicted molar refractivity (Wildman–Crippen MR) is 141 cm³/mol. The Morgan fingerprint density at radius 3 is 2.40 bits per heavy atom. The van der Waals surface area contributed by atoms with Gasteiger partial charge in [0.15, 0.2) is 5.96 Å². The van der Waals surface area contributed by atoms with Gasteiger partial charge in [-0.3, -0.25) is 19.4 Å². The summed E-state index contributed by atoms with van der Waals surface area (Å²) in [6.45, 7) is -0.856. The number of carbonyl (C=O) groups is 3. The van der Waals surface area contributed by atoms with Crippen molar-refractivity contribution in [1.82, 2.24) is 16.0 Å². The van der Waals surface area contributed by atoms with Crippen molar-refractivity contribution in [3.63, 3.8) is 0 Å². The molecular weight excluding hydrogens is 570 g/mol. The molecule has 1 heterocycles. The molecule has 16 heteroatoms. The van der Waals surface area contributed by atoms with E-state index in [1.807, 2.05) is 0 Å². The Hall–Kier alpha value is -4.44. The summed E-state index contributed by atoms with van der Waals surface area (Å²) in [5, 5.41) is 49.2. The lowest BCUT2D eigenvalue weighted by Crippen LogP contribution is -2.42. The van der Waals surface area contributed by atoms with Gasteiger partial charge in [-0.15, -0.1) is 0 Å². The number of carboxylic acids is 1. The molecule has 0 saturated heterocycles. The van der Waals surface area contributed by atoms with Gasteiger partial charge < -0.3 is 41.7 Å². The first-order valence-electron chi connectivity index (χ1n) is 12.4. The van der Waals surface area contributed by atoms with Crippen LogP contribution in [0.1, 0.15) is 46.4 Å². The number of anilines is 1. The van der Waals surface area contributed by atoms with E-state index in [2.05, 4.69) is 26.3 Å². The summed E-state index contributed by atoms with van der Waals surface area (Å²) in [5.41, 5.74) is -4.28. The van der Waals surface area contributed by atoms with Gasteiger partial charge in [0.05, 0.1) is 37.2 Å². The van der Waals surface area contributed by atoms with E-state index in [9.17, 15) is 52.4 Å². The standard InChI is InChI=1S/C26H29F4N5O7/c1-25(42,12-27)15-2-13(3-16(6-15)26(28,29)30)20(8-22(39)40)35-21(38)11-31-23(41)14-4-17(7-18(36)5-14)34-24-32-9-19(37)10-33-24/h2-7,19-20,36-37,42H,8-12H2,1H3,(H,31,41)(H,35,38)(H,39,40)(H2,32,33,34)/t20-,25?/m0/s1. The summed E-state index contributed by atoms with van der Waals surface area (Å²) in [7, 11) is 0. The van der Waals surface area contributed by atoms with Crippen LogP contribution < -0.4 is 21.3 Å². The number of hydrogen-bond acceptors (Lipinski definition) is 9. The lowest BCUT2D eigenvalue weighted by atomic mass is 9.90. The molecule has 0 radical (unpaired) electrons. The van der Waals surface area contributed by atoms with E-state index in [-0.39, 0.29) is 41.6 Å². The van der Waals surface area contributed by atoms with Crippen LogP contribution in [0, 0.1) is 0 Å². The number of nitrogens with one attached hydrogen (secondary N) is 4. The molecule has 42 heavy (non-hydrogen) atoms. The average Bonchev–Trinajstić information content (AvgIpc) is 2.91. The molecule has 0 bridgehead atoms. The number of aliphatic carboxylic acids is 1. The van der Waals surface area contributed by atoms with Crippen LogP contribution in [-0.2, 0) is 21.4 Å². The van der Waals surface area contributed by atoms with Crippen LogP contribution in [0.25, 0.3) is 0 Å². The summed E-state index contributed by atoms with van der Waals surface area (Å²) in [4.78, 5) is 40.8. The molecule has 3 rings (SSSR count). The summed E-state index contributed by atoms with van der Waals surface area (Å²) < 4.78 is 54.0. The number of nitrogens with zero attached hydrogens (tertiary/aromatic N) is 1. The number of benzene rings is 2. The van der Waals surface area contributed by atoms with Crippen molar-refractivity contribution in [3.05, 3.63) is 58.7 Å². The highest BCUT2D eigenvalue weighted by molar-refractivity contribution is 6.00. The van der Waals surface area contributed by atoms with E-state index in [1.54, 1.807) is 0 Å². The van der Waals surface area contributed by atoms with Crippen molar-refractivity contribution in [2.24, 2.45) is 4.99 Å². The van der Waals surface area contributed by atoms with Gasteiger partial charge in [-0.05, 0) is 42.3 Å². The molecule has 3 atom stereocenters. The Kier molecular flexibility index (Phi) is 9.95. The minimum Gasteiger partial charge on any atom is -0.508 e. The number of rotatable bonds is 10. The van der Waals surface area contributed by atoms with Gasteiger partial charge in [0.2, 0.25) is 5.91 Å². The minimum atomic E-state index is -4.93. The van der Waals surface area contributed by atoms with Crippen molar-refractivity contribution in [2.45, 2.75) is 37.3 Å². The number of hydrogen-bond donors (Lipinski definition) is 8. The van der Waals surface area contributed by atoms with Crippen LogP contribution in [0.5, 0.6) is 5.75 Å². The molecular formula is C26H29F4N5O7. The minimum absolute atomic E-state index is 0.0835. The molecule has 0 spiro atoms. The number of alkyl halides is 4. The van der Waals surface area contributed by atoms with Gasteiger partial charge >= 0.3 is 12.1 Å². The molecule has 2 unspecified atom stereocenters. The van der Waals surface area contributed by atoms with Crippen LogP contribution in [0.4, 0.5) is 23.2 Å². The monoisotopic (exact) mass is 599 g/mol. The Balaban J connectivity index is 1.75. The van der Waals surface area contributed by atoms with Crippen LogP contribution in [0.3, 0.4) is 0 Å². The molecule has 1 aliphatic rings. The highest BCUT2D eigenvalue weighted by atomic mass is 19.4. The predicted octanol–water partition coefficient (Wildman–Crippen LogP) is 1.38. The average molecular weight is 600 g/mol.